The van der Waals surface area contributed by atoms with E-state index >= 15 is 0 Å². The largest absolute Gasteiger partial charge is 0.454 e. The van der Waals surface area contributed by atoms with Crippen molar-refractivity contribution in [1.29, 1.82) is 0 Å². The van der Waals surface area contributed by atoms with Gasteiger partial charge in [0.25, 0.3) is 0 Å². The predicted molar refractivity (Wildman–Crippen MR) is 182 cm³/mol. The maximum Gasteiger partial charge on any atom is 0.154 e. The number of aromatic nitrogens is 1. The zero-order valence-electron chi connectivity index (χ0n) is 23.1. The summed E-state index contributed by atoms with van der Waals surface area (Å²) in [7, 11) is 0. The number of para-hydroxylation sites is 1. The molecule has 6 aromatic carbocycles. The topological polar surface area (TPSA) is 29.3 Å². The summed E-state index contributed by atoms with van der Waals surface area (Å²) >= 11 is 1.84. The molecule has 3 heterocycles. The third kappa shape index (κ3) is 3.84. The number of hydrogen-bond acceptors (Lipinski definition) is 4. The molecule has 0 spiro atoms. The van der Waals surface area contributed by atoms with Crippen molar-refractivity contribution in [2.24, 2.45) is 0 Å². The molecule has 3 aromatic heterocycles. The Morgan fingerprint density at radius 1 is 0.535 bits per heavy atom. The summed E-state index contributed by atoms with van der Waals surface area (Å²) in [5.74, 6) is 0. The van der Waals surface area contributed by atoms with Crippen LogP contribution in [0.25, 0.3) is 64.0 Å². The van der Waals surface area contributed by atoms with E-state index in [0.717, 1.165) is 55.5 Å². The molecule has 0 fully saturated rings. The first-order valence-electron chi connectivity index (χ1n) is 14.4. The minimum Gasteiger partial charge on any atom is -0.454 e. The van der Waals surface area contributed by atoms with Crippen LogP contribution in [0.3, 0.4) is 0 Å². The lowest BCUT2D eigenvalue weighted by atomic mass is 9.99. The lowest BCUT2D eigenvalue weighted by molar-refractivity contribution is 0.670. The number of nitrogens with zero attached hydrogens (tertiary/aromatic N) is 2. The zero-order chi connectivity index (χ0) is 28.3. The fraction of sp³-hybridized carbons (Fsp3) is 0. The van der Waals surface area contributed by atoms with Gasteiger partial charge in [-0.1, -0.05) is 78.9 Å². The van der Waals surface area contributed by atoms with E-state index in [1.807, 2.05) is 23.7 Å². The summed E-state index contributed by atoms with van der Waals surface area (Å²) in [6.07, 6.45) is 3.77. The van der Waals surface area contributed by atoms with Crippen LogP contribution in [0.5, 0.6) is 0 Å². The van der Waals surface area contributed by atoms with Crippen molar-refractivity contribution in [2.75, 3.05) is 4.90 Å². The molecule has 0 radical (unpaired) electrons. The number of hydrogen-bond donors (Lipinski definition) is 0. The van der Waals surface area contributed by atoms with Crippen LogP contribution in [-0.2, 0) is 0 Å². The summed E-state index contributed by atoms with van der Waals surface area (Å²) in [5, 5.41) is 7.07. The quantitative estimate of drug-likeness (QED) is 0.211. The van der Waals surface area contributed by atoms with Crippen LogP contribution in [0.15, 0.2) is 150 Å². The van der Waals surface area contributed by atoms with Crippen molar-refractivity contribution in [2.45, 2.75) is 0 Å². The maximum absolute atomic E-state index is 6.39. The SMILES string of the molecule is c1ccc(N(c2ccc(-c3cncc4oc5c6ccccc6ccc5c34)cc2)c2ccc3sc4ccccc4c3c2)cc1. The molecule has 3 nitrogen and oxygen atoms in total. The van der Waals surface area contributed by atoms with Crippen molar-refractivity contribution in [3.05, 3.63) is 146 Å². The average molecular weight is 569 g/mol. The molecular formula is C39H24N2OS. The zero-order valence-corrected chi connectivity index (χ0v) is 23.9. The Morgan fingerprint density at radius 2 is 1.26 bits per heavy atom. The molecule has 0 unspecified atom stereocenters. The number of benzene rings is 6. The van der Waals surface area contributed by atoms with Gasteiger partial charge >= 0.3 is 0 Å². The number of thiophene rings is 1. The Labute approximate surface area is 251 Å². The summed E-state index contributed by atoms with van der Waals surface area (Å²) < 4.78 is 9.01. The molecule has 43 heavy (non-hydrogen) atoms. The summed E-state index contributed by atoms with van der Waals surface area (Å²) in [5.41, 5.74) is 7.22. The molecule has 202 valence electrons. The van der Waals surface area contributed by atoms with E-state index in [1.165, 1.54) is 25.6 Å². The molecule has 0 aliphatic heterocycles. The molecule has 0 amide bonds. The standard InChI is InChI=1S/C39H24N2OS/c1-2-9-27(10-3-1)41(29-19-21-37-33(22-29)31-12-6-7-13-36(31)43-37)28-17-14-26(15-18-28)34-23-40-24-35-38(34)32-20-16-25-8-4-5-11-30(25)39(32)42-35/h1-24H. The first-order valence-corrected chi connectivity index (χ1v) is 15.2. The van der Waals surface area contributed by atoms with E-state index < -0.39 is 0 Å². The number of pyridine rings is 1. The monoisotopic (exact) mass is 568 g/mol. The molecule has 0 aliphatic rings. The van der Waals surface area contributed by atoms with Gasteiger partial charge in [-0.25, -0.2) is 0 Å². The van der Waals surface area contributed by atoms with E-state index in [-0.39, 0.29) is 0 Å². The van der Waals surface area contributed by atoms with Gasteiger partial charge in [0.1, 0.15) is 5.58 Å². The molecule has 0 bridgehead atoms. The van der Waals surface area contributed by atoms with Crippen LogP contribution in [0.1, 0.15) is 0 Å². The van der Waals surface area contributed by atoms with Crippen LogP contribution < -0.4 is 4.90 Å². The highest BCUT2D eigenvalue weighted by Crippen LogP contribution is 2.42. The van der Waals surface area contributed by atoms with Crippen LogP contribution in [0.2, 0.25) is 0 Å². The smallest absolute Gasteiger partial charge is 0.154 e. The second kappa shape index (κ2) is 9.55. The highest BCUT2D eigenvalue weighted by molar-refractivity contribution is 7.25. The van der Waals surface area contributed by atoms with Crippen molar-refractivity contribution in [1.82, 2.24) is 4.98 Å². The number of rotatable bonds is 4. The molecule has 0 atom stereocenters. The van der Waals surface area contributed by atoms with Crippen molar-refractivity contribution >= 4 is 81.3 Å². The second-order valence-corrected chi connectivity index (χ2v) is 11.9. The maximum atomic E-state index is 6.39. The normalized spacial score (nSPS) is 11.7. The Balaban J connectivity index is 1.19. The Bertz CT molecular complexity index is 2460. The summed E-state index contributed by atoms with van der Waals surface area (Å²) in [6, 6.07) is 47.5. The molecule has 4 heteroatoms. The van der Waals surface area contributed by atoms with Crippen LogP contribution in [0, 0.1) is 0 Å². The first-order chi connectivity index (χ1) is 21.3. The van der Waals surface area contributed by atoms with Gasteiger partial charge in [0.15, 0.2) is 5.58 Å². The number of furan rings is 1. The molecule has 0 saturated carbocycles. The Hall–Kier alpha value is -5.45. The van der Waals surface area contributed by atoms with E-state index in [0.29, 0.717) is 0 Å². The average Bonchev–Trinajstić information content (AvgIpc) is 3.64. The fourth-order valence-electron chi connectivity index (χ4n) is 6.34. The lowest BCUT2D eigenvalue weighted by Gasteiger charge is -2.26. The number of anilines is 3. The van der Waals surface area contributed by atoms with E-state index in [1.54, 1.807) is 0 Å². The molecule has 0 N–H and O–H groups in total. The van der Waals surface area contributed by atoms with Gasteiger partial charge in [0.05, 0.1) is 6.20 Å². The van der Waals surface area contributed by atoms with Crippen molar-refractivity contribution in [3.8, 4) is 11.1 Å². The minimum atomic E-state index is 0.801. The van der Waals surface area contributed by atoms with Gasteiger partial charge in [-0.3, -0.25) is 4.98 Å². The second-order valence-electron chi connectivity index (χ2n) is 10.8. The van der Waals surface area contributed by atoms with Crippen LogP contribution in [0.4, 0.5) is 17.1 Å². The van der Waals surface area contributed by atoms with Gasteiger partial charge in [-0.15, -0.1) is 11.3 Å². The molecule has 9 rings (SSSR count). The van der Waals surface area contributed by atoms with E-state index in [2.05, 4.69) is 143 Å². The highest BCUT2D eigenvalue weighted by Gasteiger charge is 2.17. The van der Waals surface area contributed by atoms with Gasteiger partial charge < -0.3 is 9.32 Å². The van der Waals surface area contributed by atoms with E-state index in [4.69, 9.17) is 4.42 Å². The van der Waals surface area contributed by atoms with Crippen LogP contribution >= 0.6 is 11.3 Å². The van der Waals surface area contributed by atoms with Crippen molar-refractivity contribution in [3.63, 3.8) is 0 Å². The van der Waals surface area contributed by atoms with Crippen molar-refractivity contribution < 1.29 is 4.42 Å². The van der Waals surface area contributed by atoms with Gasteiger partial charge in [0, 0.05) is 65.2 Å². The summed E-state index contributed by atoms with van der Waals surface area (Å²) in [6.45, 7) is 0. The highest BCUT2D eigenvalue weighted by atomic mass is 32.1. The predicted octanol–water partition coefficient (Wildman–Crippen LogP) is 11.6. The molecule has 9 aromatic rings. The van der Waals surface area contributed by atoms with Crippen LogP contribution in [-0.4, -0.2) is 4.98 Å². The fourth-order valence-corrected chi connectivity index (χ4v) is 7.43. The minimum absolute atomic E-state index is 0.801. The molecule has 0 saturated heterocycles. The first kappa shape index (κ1) is 24.2. The summed E-state index contributed by atoms with van der Waals surface area (Å²) in [4.78, 5) is 6.89. The third-order valence-corrected chi connectivity index (χ3v) is 9.49. The third-order valence-electron chi connectivity index (χ3n) is 8.34. The lowest BCUT2D eigenvalue weighted by Crippen LogP contribution is -2.09. The Kier molecular flexibility index (Phi) is 5.37. The Morgan fingerprint density at radius 3 is 2.14 bits per heavy atom. The van der Waals surface area contributed by atoms with E-state index in [9.17, 15) is 0 Å². The van der Waals surface area contributed by atoms with Gasteiger partial charge in [0.2, 0.25) is 0 Å². The number of fused-ring (bicyclic) bond motifs is 8. The molecule has 0 aliphatic carbocycles. The van der Waals surface area contributed by atoms with Gasteiger partial charge in [-0.05, 0) is 65.5 Å². The molecular weight excluding hydrogens is 545 g/mol. The van der Waals surface area contributed by atoms with Gasteiger partial charge in [-0.2, -0.15) is 0 Å².